The highest BCUT2D eigenvalue weighted by Crippen LogP contribution is 2.34. The van der Waals surface area contributed by atoms with Crippen molar-refractivity contribution >= 4 is 11.0 Å². The predicted molar refractivity (Wildman–Crippen MR) is 82.2 cm³/mol. The van der Waals surface area contributed by atoms with Crippen LogP contribution in [0, 0.1) is 6.92 Å². The maximum atomic E-state index is 5.87. The average molecular weight is 314 g/mol. The minimum absolute atomic E-state index is 0.443. The van der Waals surface area contributed by atoms with Gasteiger partial charge >= 0.3 is 0 Å². The van der Waals surface area contributed by atoms with Crippen LogP contribution in [0.3, 0.4) is 0 Å². The Bertz CT molecular complexity index is 830. The lowest BCUT2D eigenvalue weighted by Crippen LogP contribution is -2.29. The summed E-state index contributed by atoms with van der Waals surface area (Å²) < 4.78 is 22.7. The van der Waals surface area contributed by atoms with Gasteiger partial charge in [0.15, 0.2) is 5.60 Å². The molecule has 23 heavy (non-hydrogen) atoms. The highest BCUT2D eigenvalue weighted by atomic mass is 16.6. The van der Waals surface area contributed by atoms with Crippen LogP contribution in [0.1, 0.15) is 29.5 Å². The van der Waals surface area contributed by atoms with E-state index in [1.54, 1.807) is 7.11 Å². The topological polar surface area (TPSA) is 70.5 Å². The summed E-state index contributed by atoms with van der Waals surface area (Å²) in [5.41, 5.74) is 1.33. The van der Waals surface area contributed by atoms with Crippen LogP contribution in [0.25, 0.3) is 11.0 Å². The van der Waals surface area contributed by atoms with Gasteiger partial charge in [0.2, 0.25) is 5.89 Å². The molecule has 6 heteroatoms. The number of hydrogen-bond donors (Lipinski definition) is 0. The van der Waals surface area contributed by atoms with Crippen LogP contribution in [0.4, 0.5) is 0 Å². The van der Waals surface area contributed by atoms with Gasteiger partial charge in [0, 0.05) is 24.5 Å². The number of para-hydroxylation sites is 1. The predicted octanol–water partition coefficient (Wildman–Crippen LogP) is 2.98. The molecular formula is C17H18N2O4. The Labute approximate surface area is 133 Å². The van der Waals surface area contributed by atoms with Gasteiger partial charge in [0.25, 0.3) is 5.89 Å². The number of methoxy groups -OCH3 is 1. The number of nitrogens with zero attached hydrogens (tertiary/aromatic N) is 2. The molecule has 3 aromatic rings. The number of rotatable bonds is 4. The van der Waals surface area contributed by atoms with Crippen LogP contribution in [0.15, 0.2) is 33.1 Å². The van der Waals surface area contributed by atoms with Crippen molar-refractivity contribution < 1.29 is 18.3 Å². The zero-order valence-corrected chi connectivity index (χ0v) is 13.2. The van der Waals surface area contributed by atoms with Crippen LogP contribution in [0.2, 0.25) is 0 Å². The summed E-state index contributed by atoms with van der Waals surface area (Å²) in [7, 11) is 1.65. The molecule has 1 fully saturated rings. The van der Waals surface area contributed by atoms with Gasteiger partial charge in [-0.05, 0) is 13.0 Å². The molecular weight excluding hydrogens is 296 g/mol. The summed E-state index contributed by atoms with van der Waals surface area (Å²) in [5.74, 6) is 1.91. The fraction of sp³-hybridized carbons (Fsp3) is 0.412. The monoisotopic (exact) mass is 314 g/mol. The zero-order valence-electron chi connectivity index (χ0n) is 13.2. The molecule has 0 N–H and O–H groups in total. The van der Waals surface area contributed by atoms with E-state index in [1.165, 1.54) is 0 Å². The lowest BCUT2D eigenvalue weighted by molar-refractivity contribution is -0.0416. The summed E-state index contributed by atoms with van der Waals surface area (Å²) in [6.45, 7) is 3.03. The molecule has 0 amide bonds. The molecule has 1 aromatic carbocycles. The molecule has 0 bridgehead atoms. The number of ether oxygens (including phenoxy) is 2. The molecule has 6 nitrogen and oxygen atoms in total. The second-order valence-electron chi connectivity index (χ2n) is 5.81. The molecule has 1 unspecified atom stereocenters. The lowest BCUT2D eigenvalue weighted by atomic mass is 10.0. The van der Waals surface area contributed by atoms with E-state index in [0.717, 1.165) is 28.7 Å². The van der Waals surface area contributed by atoms with E-state index in [9.17, 15) is 0 Å². The number of aromatic nitrogens is 2. The van der Waals surface area contributed by atoms with E-state index in [0.29, 0.717) is 31.4 Å². The SMILES string of the molecule is COC1(c2nnc(Cc3c(C)oc4ccccc34)o2)CCOC1. The Hall–Kier alpha value is -2.18. The molecule has 4 rings (SSSR count). The van der Waals surface area contributed by atoms with Crippen LogP contribution >= 0.6 is 0 Å². The van der Waals surface area contributed by atoms with Crippen molar-refractivity contribution in [3.63, 3.8) is 0 Å². The minimum atomic E-state index is -0.612. The molecule has 120 valence electrons. The van der Waals surface area contributed by atoms with Crippen molar-refractivity contribution in [2.24, 2.45) is 0 Å². The Morgan fingerprint density at radius 1 is 1.22 bits per heavy atom. The van der Waals surface area contributed by atoms with Crippen molar-refractivity contribution in [1.82, 2.24) is 10.2 Å². The fourth-order valence-electron chi connectivity index (χ4n) is 3.06. The summed E-state index contributed by atoms with van der Waals surface area (Å²) in [5, 5.41) is 9.44. The molecule has 3 heterocycles. The quantitative estimate of drug-likeness (QED) is 0.737. The highest BCUT2D eigenvalue weighted by Gasteiger charge is 2.42. The number of furan rings is 1. The first-order valence-electron chi connectivity index (χ1n) is 7.64. The van der Waals surface area contributed by atoms with Gasteiger partial charge in [-0.3, -0.25) is 0 Å². The number of aryl methyl sites for hydroxylation is 1. The molecule has 1 atom stereocenters. The number of benzene rings is 1. The van der Waals surface area contributed by atoms with Gasteiger partial charge in [-0.2, -0.15) is 0 Å². The normalized spacial score (nSPS) is 21.3. The fourth-order valence-corrected chi connectivity index (χ4v) is 3.06. The maximum Gasteiger partial charge on any atom is 0.250 e. The van der Waals surface area contributed by atoms with Crippen molar-refractivity contribution in [2.75, 3.05) is 20.3 Å². The highest BCUT2D eigenvalue weighted by molar-refractivity contribution is 5.82. The van der Waals surface area contributed by atoms with Gasteiger partial charge in [0.1, 0.15) is 11.3 Å². The first-order valence-corrected chi connectivity index (χ1v) is 7.64. The standard InChI is InChI=1S/C17H18N2O4/c1-11-13(12-5-3-4-6-14(12)22-11)9-15-18-19-16(23-15)17(20-2)7-8-21-10-17/h3-6H,7-10H2,1-2H3. The molecule has 0 spiro atoms. The molecule has 1 aliphatic rings. The molecule has 1 saturated heterocycles. The van der Waals surface area contributed by atoms with E-state index in [1.807, 2.05) is 31.2 Å². The third-order valence-electron chi connectivity index (χ3n) is 4.46. The van der Waals surface area contributed by atoms with Gasteiger partial charge in [0.05, 0.1) is 19.6 Å². The average Bonchev–Trinajstić information content (AvgIpc) is 3.28. The maximum absolute atomic E-state index is 5.87. The van der Waals surface area contributed by atoms with E-state index in [-0.39, 0.29) is 0 Å². The van der Waals surface area contributed by atoms with E-state index in [4.69, 9.17) is 18.3 Å². The van der Waals surface area contributed by atoms with E-state index < -0.39 is 5.60 Å². The second kappa shape index (κ2) is 5.47. The molecule has 0 saturated carbocycles. The Morgan fingerprint density at radius 2 is 2.09 bits per heavy atom. The van der Waals surface area contributed by atoms with E-state index in [2.05, 4.69) is 10.2 Å². The second-order valence-corrected chi connectivity index (χ2v) is 5.81. The molecule has 1 aliphatic heterocycles. The Balaban J connectivity index is 1.66. The zero-order chi connectivity index (χ0) is 15.9. The largest absolute Gasteiger partial charge is 0.461 e. The third-order valence-corrected chi connectivity index (χ3v) is 4.46. The third kappa shape index (κ3) is 2.34. The van der Waals surface area contributed by atoms with E-state index >= 15 is 0 Å². The summed E-state index contributed by atoms with van der Waals surface area (Å²) in [6, 6.07) is 7.96. The van der Waals surface area contributed by atoms with Crippen LogP contribution in [0.5, 0.6) is 0 Å². The van der Waals surface area contributed by atoms with Gasteiger partial charge in [-0.15, -0.1) is 10.2 Å². The van der Waals surface area contributed by atoms with Gasteiger partial charge in [-0.1, -0.05) is 18.2 Å². The number of fused-ring (bicyclic) bond motifs is 1. The first kappa shape index (κ1) is 14.4. The van der Waals surface area contributed by atoms with Crippen LogP contribution in [-0.4, -0.2) is 30.5 Å². The van der Waals surface area contributed by atoms with Crippen LogP contribution in [-0.2, 0) is 21.5 Å². The Morgan fingerprint density at radius 3 is 2.87 bits per heavy atom. The minimum Gasteiger partial charge on any atom is -0.461 e. The first-order chi connectivity index (χ1) is 11.2. The molecule has 0 aliphatic carbocycles. The summed E-state index contributed by atoms with van der Waals surface area (Å²) in [4.78, 5) is 0. The van der Waals surface area contributed by atoms with Crippen molar-refractivity contribution in [3.05, 3.63) is 47.4 Å². The number of hydrogen-bond acceptors (Lipinski definition) is 6. The van der Waals surface area contributed by atoms with Gasteiger partial charge < -0.3 is 18.3 Å². The Kier molecular flexibility index (Phi) is 3.43. The lowest BCUT2D eigenvalue weighted by Gasteiger charge is -2.20. The summed E-state index contributed by atoms with van der Waals surface area (Å²) >= 11 is 0. The van der Waals surface area contributed by atoms with Gasteiger partial charge in [-0.25, -0.2) is 0 Å². The smallest absolute Gasteiger partial charge is 0.250 e. The van der Waals surface area contributed by atoms with Crippen molar-refractivity contribution in [2.45, 2.75) is 25.4 Å². The molecule has 2 aromatic heterocycles. The van der Waals surface area contributed by atoms with Crippen molar-refractivity contribution in [1.29, 1.82) is 0 Å². The molecule has 0 radical (unpaired) electrons. The van der Waals surface area contributed by atoms with Crippen LogP contribution < -0.4 is 0 Å². The summed E-state index contributed by atoms with van der Waals surface area (Å²) in [6.07, 6.45) is 1.26. The van der Waals surface area contributed by atoms with Crippen molar-refractivity contribution in [3.8, 4) is 0 Å².